The Hall–Kier alpha value is -2.16. The minimum absolute atomic E-state index is 0.106. The monoisotopic (exact) mass is 352 g/mol. The van der Waals surface area contributed by atoms with Gasteiger partial charge in [0.2, 0.25) is 5.91 Å². The predicted molar refractivity (Wildman–Crippen MR) is 97.7 cm³/mol. The van der Waals surface area contributed by atoms with E-state index < -0.39 is 0 Å². The topological polar surface area (TPSA) is 53.3 Å². The normalized spacial score (nSPS) is 20.3. The van der Waals surface area contributed by atoms with Crippen LogP contribution in [0, 0.1) is 17.2 Å². The van der Waals surface area contributed by atoms with Crippen molar-refractivity contribution in [2.75, 3.05) is 18.1 Å². The third kappa shape index (κ3) is 2.86. The molecule has 4 nitrogen and oxygen atoms in total. The molecule has 5 heteroatoms. The van der Waals surface area contributed by atoms with Crippen molar-refractivity contribution in [3.8, 4) is 6.07 Å². The minimum atomic E-state index is -0.227. The second kappa shape index (κ2) is 6.62. The third-order valence-corrected chi connectivity index (χ3v) is 6.15. The van der Waals surface area contributed by atoms with Crippen LogP contribution >= 0.6 is 11.3 Å². The number of ether oxygens (including phenoxy) is 1. The number of rotatable bonds is 2. The minimum Gasteiger partial charge on any atom is -0.372 e. The molecular weight excluding hydrogens is 332 g/mol. The number of fused-ring (bicyclic) bond motifs is 2. The number of carbonyl (C=O) groups excluding carboxylic acids is 1. The fourth-order valence-electron chi connectivity index (χ4n) is 3.86. The van der Waals surface area contributed by atoms with Gasteiger partial charge in [-0.1, -0.05) is 6.92 Å². The lowest BCUT2D eigenvalue weighted by atomic mass is 9.92. The van der Waals surface area contributed by atoms with E-state index in [9.17, 15) is 4.79 Å². The maximum absolute atomic E-state index is 13.2. The lowest BCUT2D eigenvalue weighted by Gasteiger charge is -2.35. The Balaban J connectivity index is 1.62. The van der Waals surface area contributed by atoms with Crippen molar-refractivity contribution in [3.63, 3.8) is 0 Å². The first-order chi connectivity index (χ1) is 12.2. The molecule has 2 aliphatic rings. The van der Waals surface area contributed by atoms with Crippen LogP contribution in [-0.2, 0) is 22.4 Å². The van der Waals surface area contributed by atoms with Crippen LogP contribution in [0.15, 0.2) is 29.6 Å². The van der Waals surface area contributed by atoms with Gasteiger partial charge in [-0.2, -0.15) is 5.26 Å². The van der Waals surface area contributed by atoms with E-state index >= 15 is 0 Å². The summed E-state index contributed by atoms with van der Waals surface area (Å²) in [5.74, 6) is -0.120. The summed E-state index contributed by atoms with van der Waals surface area (Å²) in [4.78, 5) is 16.5. The molecule has 2 aliphatic heterocycles. The molecule has 0 aliphatic carbocycles. The molecule has 2 aromatic rings. The molecular formula is C20H20N2O2S. The molecule has 2 atom stereocenters. The summed E-state index contributed by atoms with van der Waals surface area (Å²) in [6, 6.07) is 9.89. The van der Waals surface area contributed by atoms with E-state index in [1.165, 1.54) is 10.4 Å². The van der Waals surface area contributed by atoms with E-state index in [2.05, 4.69) is 17.5 Å². The predicted octanol–water partition coefficient (Wildman–Crippen LogP) is 3.85. The molecule has 128 valence electrons. The van der Waals surface area contributed by atoms with Gasteiger partial charge in [0.05, 0.1) is 30.3 Å². The molecule has 4 rings (SSSR count). The molecule has 1 aromatic heterocycles. The van der Waals surface area contributed by atoms with Gasteiger partial charge in [-0.15, -0.1) is 11.3 Å². The highest BCUT2D eigenvalue weighted by molar-refractivity contribution is 7.10. The highest BCUT2D eigenvalue weighted by Crippen LogP contribution is 2.38. The molecule has 25 heavy (non-hydrogen) atoms. The largest absolute Gasteiger partial charge is 0.372 e. The van der Waals surface area contributed by atoms with Gasteiger partial charge in [0.15, 0.2) is 0 Å². The van der Waals surface area contributed by atoms with Gasteiger partial charge in [0, 0.05) is 23.5 Å². The third-order valence-electron chi connectivity index (χ3n) is 5.15. The second-order valence-electron chi connectivity index (χ2n) is 6.68. The summed E-state index contributed by atoms with van der Waals surface area (Å²) < 4.78 is 5.98. The Morgan fingerprint density at radius 3 is 3.12 bits per heavy atom. The molecule has 1 aromatic carbocycles. The first kappa shape index (κ1) is 16.3. The number of thiophene rings is 1. The number of hydrogen-bond acceptors (Lipinski definition) is 4. The van der Waals surface area contributed by atoms with Gasteiger partial charge < -0.3 is 9.64 Å². The smallest absolute Gasteiger partial charge is 0.232 e. The maximum Gasteiger partial charge on any atom is 0.232 e. The number of hydrogen-bond donors (Lipinski definition) is 0. The summed E-state index contributed by atoms with van der Waals surface area (Å²) in [5, 5.41) is 11.2. The Bertz CT molecular complexity index is 852. The van der Waals surface area contributed by atoms with Crippen molar-refractivity contribution < 1.29 is 9.53 Å². The van der Waals surface area contributed by atoms with Gasteiger partial charge in [0.25, 0.3) is 0 Å². The maximum atomic E-state index is 13.2. The van der Waals surface area contributed by atoms with Gasteiger partial charge in [-0.25, -0.2) is 0 Å². The fourth-order valence-corrected chi connectivity index (χ4v) is 4.76. The highest BCUT2D eigenvalue weighted by atomic mass is 32.1. The average Bonchev–Trinajstić information content (AvgIpc) is 3.14. The first-order valence-electron chi connectivity index (χ1n) is 8.71. The van der Waals surface area contributed by atoms with Crippen LogP contribution < -0.4 is 4.90 Å². The molecule has 0 N–H and O–H groups in total. The van der Waals surface area contributed by atoms with Crippen LogP contribution in [0.2, 0.25) is 0 Å². The van der Waals surface area contributed by atoms with Crippen LogP contribution in [-0.4, -0.2) is 19.1 Å². The van der Waals surface area contributed by atoms with Crippen molar-refractivity contribution in [1.29, 1.82) is 5.26 Å². The van der Waals surface area contributed by atoms with E-state index in [0.717, 1.165) is 37.1 Å². The van der Waals surface area contributed by atoms with Crippen molar-refractivity contribution in [2.45, 2.75) is 32.3 Å². The summed E-state index contributed by atoms with van der Waals surface area (Å²) in [6.45, 7) is 3.38. The van der Waals surface area contributed by atoms with Gasteiger partial charge in [-0.3, -0.25) is 4.79 Å². The highest BCUT2D eigenvalue weighted by Gasteiger charge is 2.35. The molecule has 0 bridgehead atoms. The van der Waals surface area contributed by atoms with E-state index in [1.54, 1.807) is 17.4 Å². The summed E-state index contributed by atoms with van der Waals surface area (Å²) in [6.07, 6.45) is 2.62. The van der Waals surface area contributed by atoms with Crippen molar-refractivity contribution in [2.24, 2.45) is 5.92 Å². The van der Waals surface area contributed by atoms with Crippen molar-refractivity contribution >= 4 is 22.9 Å². The number of amides is 1. The van der Waals surface area contributed by atoms with Gasteiger partial charge in [-0.05, 0) is 53.6 Å². The van der Waals surface area contributed by atoms with E-state index in [4.69, 9.17) is 10.00 Å². The van der Waals surface area contributed by atoms with Gasteiger partial charge in [0.1, 0.15) is 0 Å². The Kier molecular flexibility index (Phi) is 4.32. The number of nitrogens with zero attached hydrogens (tertiary/aromatic N) is 2. The van der Waals surface area contributed by atoms with Gasteiger partial charge >= 0.3 is 0 Å². The number of carbonyl (C=O) groups is 1. The molecule has 0 fully saturated rings. The molecule has 2 unspecified atom stereocenters. The van der Waals surface area contributed by atoms with Crippen LogP contribution in [0.4, 0.5) is 5.69 Å². The van der Waals surface area contributed by atoms with E-state index in [0.29, 0.717) is 12.2 Å². The van der Waals surface area contributed by atoms with Crippen molar-refractivity contribution in [1.82, 2.24) is 0 Å². The number of aryl methyl sites for hydroxylation is 1. The van der Waals surface area contributed by atoms with Crippen LogP contribution in [0.25, 0.3) is 0 Å². The molecule has 3 heterocycles. The molecule has 0 saturated carbocycles. The zero-order chi connectivity index (χ0) is 17.4. The van der Waals surface area contributed by atoms with Crippen molar-refractivity contribution in [3.05, 3.63) is 51.2 Å². The quantitative estimate of drug-likeness (QED) is 0.825. The molecule has 0 saturated heterocycles. The lowest BCUT2D eigenvalue weighted by Crippen LogP contribution is -2.41. The standard InChI is InChI=1S/C20H20N2O2S/c1-13(19-16-7-10-25-18(16)6-9-24-19)20(23)22-8-2-3-15-11-14(12-21)4-5-17(15)22/h4-5,7,10-11,13,19H,2-3,6,8-9H2,1H3. The van der Waals surface area contributed by atoms with Crippen LogP contribution in [0.1, 0.15) is 41.0 Å². The number of anilines is 1. The lowest BCUT2D eigenvalue weighted by molar-refractivity contribution is -0.127. The first-order valence-corrected chi connectivity index (χ1v) is 9.59. The summed E-state index contributed by atoms with van der Waals surface area (Å²) >= 11 is 1.75. The number of benzene rings is 1. The summed E-state index contributed by atoms with van der Waals surface area (Å²) in [5.41, 5.74) is 3.86. The van der Waals surface area contributed by atoms with E-state index in [-0.39, 0.29) is 17.9 Å². The molecule has 0 spiro atoms. The zero-order valence-electron chi connectivity index (χ0n) is 14.2. The Morgan fingerprint density at radius 2 is 2.28 bits per heavy atom. The Morgan fingerprint density at radius 1 is 1.40 bits per heavy atom. The Labute approximate surface area is 151 Å². The molecule has 1 amide bonds. The fraction of sp³-hybridized carbons (Fsp3) is 0.400. The number of nitriles is 1. The van der Waals surface area contributed by atoms with E-state index in [1.807, 2.05) is 24.0 Å². The SMILES string of the molecule is CC(C(=O)N1CCCc2cc(C#N)ccc21)C1OCCc2sccc21. The van der Waals surface area contributed by atoms with Crippen LogP contribution in [0.5, 0.6) is 0 Å². The second-order valence-corrected chi connectivity index (χ2v) is 7.68. The summed E-state index contributed by atoms with van der Waals surface area (Å²) in [7, 11) is 0. The average molecular weight is 352 g/mol. The molecule has 0 radical (unpaired) electrons. The van der Waals surface area contributed by atoms with Crippen LogP contribution in [0.3, 0.4) is 0 Å². The zero-order valence-corrected chi connectivity index (χ0v) is 15.0.